The van der Waals surface area contributed by atoms with E-state index < -0.39 is 57.9 Å². The summed E-state index contributed by atoms with van der Waals surface area (Å²) >= 11 is 0. The summed E-state index contributed by atoms with van der Waals surface area (Å²) in [6, 6.07) is 20.8. The van der Waals surface area contributed by atoms with Crippen LogP contribution in [0.2, 0.25) is 0 Å². The van der Waals surface area contributed by atoms with E-state index in [2.05, 4.69) is 0 Å². The molecule has 5 aromatic rings. The van der Waals surface area contributed by atoms with Crippen LogP contribution in [0.3, 0.4) is 0 Å². The molecule has 9 nitrogen and oxygen atoms in total. The largest absolute Gasteiger partial charge is 0.508 e. The van der Waals surface area contributed by atoms with Crippen LogP contribution in [0.1, 0.15) is 28.2 Å². The maximum Gasteiger partial charge on any atom is 0.204 e. The van der Waals surface area contributed by atoms with Crippen LogP contribution in [0.5, 0.6) is 23.0 Å². The van der Waals surface area contributed by atoms with Gasteiger partial charge in [0.2, 0.25) is 23.0 Å². The van der Waals surface area contributed by atoms with Gasteiger partial charge in [-0.25, -0.2) is 0 Å². The fourth-order valence-electron chi connectivity index (χ4n) is 6.17. The highest BCUT2D eigenvalue weighted by Crippen LogP contribution is 2.62. The van der Waals surface area contributed by atoms with Crippen LogP contribution in [0, 0.1) is 5.92 Å². The van der Waals surface area contributed by atoms with E-state index in [1.807, 2.05) is 24.3 Å². The van der Waals surface area contributed by atoms with Crippen LogP contribution < -0.4 is 0 Å². The summed E-state index contributed by atoms with van der Waals surface area (Å²) in [7, 11) is 0. The maximum atomic E-state index is 11.3. The molecule has 0 saturated carbocycles. The van der Waals surface area contributed by atoms with Gasteiger partial charge in [0.1, 0.15) is 16.9 Å². The molecule has 0 aliphatic heterocycles. The molecule has 0 spiro atoms. The van der Waals surface area contributed by atoms with Crippen LogP contribution in [0.25, 0.3) is 27.5 Å². The lowest BCUT2D eigenvalue weighted by Crippen LogP contribution is -2.30. The lowest BCUT2D eigenvalue weighted by molar-refractivity contribution is 0.217. The Balaban J connectivity index is 1.65. The topological polar surface area (TPSA) is 175 Å². The zero-order valence-corrected chi connectivity index (χ0v) is 21.1. The molecular weight excluding hydrogens is 528 g/mol. The number of aliphatic hydroxyl groups excluding tert-OH is 4. The minimum Gasteiger partial charge on any atom is -0.508 e. The van der Waals surface area contributed by atoms with Crippen LogP contribution >= 0.6 is 0 Å². The number of aliphatic hydroxyl groups is 4. The second kappa shape index (κ2) is 8.40. The number of furan rings is 1. The zero-order chi connectivity index (χ0) is 28.7. The summed E-state index contributed by atoms with van der Waals surface area (Å²) in [5.74, 6) is -9.40. The molecule has 9 heteroatoms. The van der Waals surface area contributed by atoms with Crippen LogP contribution in [0.4, 0.5) is 0 Å². The SMILES string of the molecule is OC1=C(O)C2=C(c3ccccc3)c3c(O)c(O)c(O)c(O)c3C(c3ccc4oc5ccccc5c4c3)C2C(O)=C1O. The summed E-state index contributed by atoms with van der Waals surface area (Å²) in [6.45, 7) is 0. The highest BCUT2D eigenvalue weighted by atomic mass is 16.4. The standard InChI is InChI=1S/C32H22O9/c33-25-21-19(13-6-2-1-3-7-13)22-24(28(36)32(40)30(38)26(22)34)20(23(21)27(35)31(39)29(25)37)14-10-11-18-16(12-14)15-8-4-5-9-17(15)41-18/h1-12,20,23,33-40H. The van der Waals surface area contributed by atoms with Crippen LogP contribution in [-0.2, 0) is 0 Å². The highest BCUT2D eigenvalue weighted by Gasteiger charge is 2.49. The number of phenolic OH excluding ortho intramolecular Hbond substituents is 4. The molecular formula is C32H22O9. The third-order valence-corrected chi connectivity index (χ3v) is 7.97. The van der Waals surface area contributed by atoms with Crippen molar-refractivity contribution < 1.29 is 45.3 Å². The first-order chi connectivity index (χ1) is 19.7. The number of para-hydroxylation sites is 1. The second-order valence-corrected chi connectivity index (χ2v) is 10.1. The van der Waals surface area contributed by atoms with Gasteiger partial charge in [-0.1, -0.05) is 54.6 Å². The van der Waals surface area contributed by atoms with E-state index in [9.17, 15) is 40.9 Å². The predicted molar refractivity (Wildman–Crippen MR) is 149 cm³/mol. The normalized spacial score (nSPS) is 18.7. The van der Waals surface area contributed by atoms with Crippen LogP contribution in [0.15, 0.2) is 106 Å². The molecule has 2 unspecified atom stereocenters. The average molecular weight is 551 g/mol. The molecule has 0 saturated heterocycles. The minimum absolute atomic E-state index is 0.0582. The lowest BCUT2D eigenvalue weighted by Gasteiger charge is -2.39. The molecule has 204 valence electrons. The van der Waals surface area contributed by atoms with E-state index in [1.54, 1.807) is 48.5 Å². The first-order valence-corrected chi connectivity index (χ1v) is 12.7. The molecule has 0 radical (unpaired) electrons. The molecule has 4 aromatic carbocycles. The van der Waals surface area contributed by atoms with Gasteiger partial charge >= 0.3 is 0 Å². The molecule has 1 heterocycles. The van der Waals surface area contributed by atoms with Crippen molar-refractivity contribution in [2.75, 3.05) is 0 Å². The van der Waals surface area contributed by atoms with E-state index in [1.165, 1.54) is 0 Å². The van der Waals surface area contributed by atoms with Gasteiger partial charge < -0.3 is 45.3 Å². The number of phenols is 4. The number of fused-ring (bicyclic) bond motifs is 5. The molecule has 8 N–H and O–H groups in total. The van der Waals surface area contributed by atoms with Gasteiger partial charge in [-0.05, 0) is 29.3 Å². The van der Waals surface area contributed by atoms with Gasteiger partial charge in [0, 0.05) is 39.0 Å². The first-order valence-electron chi connectivity index (χ1n) is 12.7. The molecule has 7 rings (SSSR count). The fraction of sp³-hybridized carbons (Fsp3) is 0.0625. The number of rotatable bonds is 2. The average Bonchev–Trinajstić information content (AvgIpc) is 3.37. The number of benzene rings is 4. The molecule has 1 aromatic heterocycles. The van der Waals surface area contributed by atoms with Crippen molar-refractivity contribution >= 4 is 27.5 Å². The summed E-state index contributed by atoms with van der Waals surface area (Å²) in [5, 5.41) is 89.1. The van der Waals surface area contributed by atoms with Crippen molar-refractivity contribution in [3.8, 4) is 23.0 Å². The minimum atomic E-state index is -1.31. The molecule has 0 fully saturated rings. The third-order valence-electron chi connectivity index (χ3n) is 7.97. The third kappa shape index (κ3) is 3.17. The molecule has 2 aliphatic carbocycles. The van der Waals surface area contributed by atoms with E-state index in [0.29, 0.717) is 27.7 Å². The summed E-state index contributed by atoms with van der Waals surface area (Å²) in [4.78, 5) is 0. The Morgan fingerprint density at radius 1 is 0.537 bits per heavy atom. The predicted octanol–water partition coefficient (Wildman–Crippen LogP) is 6.64. The Hall–Kier alpha value is -5.70. The quantitative estimate of drug-likeness (QED) is 0.0884. The Kier molecular flexibility index (Phi) is 4.99. The van der Waals surface area contributed by atoms with Gasteiger partial charge in [0.25, 0.3) is 0 Å². The van der Waals surface area contributed by atoms with E-state index in [-0.39, 0.29) is 22.3 Å². The lowest BCUT2D eigenvalue weighted by atomic mass is 9.64. The van der Waals surface area contributed by atoms with Crippen molar-refractivity contribution in [3.63, 3.8) is 0 Å². The Labute approximate surface area is 231 Å². The number of aromatic hydroxyl groups is 4. The Morgan fingerprint density at radius 2 is 1.20 bits per heavy atom. The van der Waals surface area contributed by atoms with Gasteiger partial charge in [-0.2, -0.15) is 0 Å². The molecule has 0 amide bonds. The van der Waals surface area contributed by atoms with E-state index in [0.717, 1.165) is 5.39 Å². The van der Waals surface area contributed by atoms with E-state index >= 15 is 0 Å². The Bertz CT molecular complexity index is 2030. The van der Waals surface area contributed by atoms with Gasteiger partial charge in [-0.3, -0.25) is 0 Å². The van der Waals surface area contributed by atoms with Gasteiger partial charge in [-0.15, -0.1) is 0 Å². The number of allylic oxidation sites excluding steroid dienone is 2. The highest BCUT2D eigenvalue weighted by molar-refractivity contribution is 6.05. The molecule has 0 bridgehead atoms. The van der Waals surface area contributed by atoms with Crippen molar-refractivity contribution in [3.05, 3.63) is 124 Å². The molecule has 2 atom stereocenters. The van der Waals surface area contributed by atoms with Crippen molar-refractivity contribution in [2.45, 2.75) is 5.92 Å². The molecule has 2 aliphatic rings. The monoisotopic (exact) mass is 550 g/mol. The molecule has 41 heavy (non-hydrogen) atoms. The summed E-state index contributed by atoms with van der Waals surface area (Å²) in [5.41, 5.74) is 1.78. The number of hydrogen-bond donors (Lipinski definition) is 8. The summed E-state index contributed by atoms with van der Waals surface area (Å²) in [6.07, 6.45) is 0. The van der Waals surface area contributed by atoms with Crippen LogP contribution in [-0.4, -0.2) is 40.9 Å². The first kappa shape index (κ1) is 24.3. The summed E-state index contributed by atoms with van der Waals surface area (Å²) < 4.78 is 5.94. The van der Waals surface area contributed by atoms with Crippen molar-refractivity contribution in [1.82, 2.24) is 0 Å². The number of hydrogen-bond acceptors (Lipinski definition) is 9. The van der Waals surface area contributed by atoms with E-state index in [4.69, 9.17) is 4.42 Å². The van der Waals surface area contributed by atoms with Gasteiger partial charge in [0.05, 0.1) is 5.92 Å². The zero-order valence-electron chi connectivity index (χ0n) is 21.1. The van der Waals surface area contributed by atoms with Crippen molar-refractivity contribution in [2.24, 2.45) is 5.92 Å². The Morgan fingerprint density at radius 3 is 1.95 bits per heavy atom. The fourth-order valence-corrected chi connectivity index (χ4v) is 6.17. The van der Waals surface area contributed by atoms with Crippen molar-refractivity contribution in [1.29, 1.82) is 0 Å². The maximum absolute atomic E-state index is 11.3. The van der Waals surface area contributed by atoms with Gasteiger partial charge in [0.15, 0.2) is 17.3 Å². The smallest absolute Gasteiger partial charge is 0.204 e. The second-order valence-electron chi connectivity index (χ2n) is 10.1.